The molecule has 0 bridgehead atoms. The molecule has 0 fully saturated rings. The number of benzene rings is 1. The molecule has 0 aliphatic heterocycles. The van der Waals surface area contributed by atoms with Gasteiger partial charge < -0.3 is 19.4 Å². The van der Waals surface area contributed by atoms with Crippen molar-refractivity contribution in [1.82, 2.24) is 14.8 Å². The summed E-state index contributed by atoms with van der Waals surface area (Å²) in [7, 11) is 3.17. The van der Waals surface area contributed by atoms with Crippen molar-refractivity contribution in [3.8, 4) is 5.75 Å². The van der Waals surface area contributed by atoms with Crippen LogP contribution in [-0.2, 0) is 36.0 Å². The molecule has 1 aliphatic carbocycles. The molecule has 2 aromatic heterocycles. The molecule has 3 aromatic rings. The topological polar surface area (TPSA) is 95.3 Å². The Kier molecular flexibility index (Phi) is 7.26. The first-order valence-electron chi connectivity index (χ1n) is 10.3. The average Bonchev–Trinajstić information content (AvgIpc) is 3.47. The largest absolute Gasteiger partial charge is 0.484 e. The molecule has 33 heavy (non-hydrogen) atoms. The van der Waals surface area contributed by atoms with Gasteiger partial charge in [-0.1, -0.05) is 29.4 Å². The molecular formula is C22H23ClN4O4S2. The highest BCUT2D eigenvalue weighted by Gasteiger charge is 2.28. The smallest absolute Gasteiger partial charge is 0.341 e. The number of thiophene rings is 1. The van der Waals surface area contributed by atoms with E-state index in [2.05, 4.69) is 15.5 Å². The van der Waals surface area contributed by atoms with Crippen molar-refractivity contribution in [3.63, 3.8) is 0 Å². The minimum atomic E-state index is -0.413. The summed E-state index contributed by atoms with van der Waals surface area (Å²) >= 11 is 8.89. The van der Waals surface area contributed by atoms with Gasteiger partial charge >= 0.3 is 5.97 Å². The Bertz CT molecular complexity index is 1210. The lowest BCUT2D eigenvalue weighted by molar-refractivity contribution is -0.113. The van der Waals surface area contributed by atoms with Crippen molar-refractivity contribution in [1.29, 1.82) is 0 Å². The third-order valence-electron chi connectivity index (χ3n) is 5.26. The molecule has 8 nitrogen and oxygen atoms in total. The van der Waals surface area contributed by atoms with Gasteiger partial charge in [-0.3, -0.25) is 4.79 Å². The minimum absolute atomic E-state index is 0.125. The van der Waals surface area contributed by atoms with Gasteiger partial charge in [0, 0.05) is 11.9 Å². The predicted octanol–water partition coefficient (Wildman–Crippen LogP) is 4.42. The van der Waals surface area contributed by atoms with Gasteiger partial charge in [-0.2, -0.15) is 0 Å². The molecule has 11 heteroatoms. The summed E-state index contributed by atoms with van der Waals surface area (Å²) in [4.78, 5) is 26.0. The van der Waals surface area contributed by atoms with Crippen LogP contribution in [0.15, 0.2) is 23.4 Å². The lowest BCUT2D eigenvalue weighted by Gasteiger charge is -2.09. The molecular weight excluding hydrogens is 484 g/mol. The molecule has 2 heterocycles. The number of fused-ring (bicyclic) bond motifs is 1. The SMILES string of the molecule is COC(=O)c1c(NC(=O)CSc2nnc(COc3cc(C)ccc3Cl)n2C)sc2c1CCC2. The number of nitrogens with one attached hydrogen (secondary N) is 1. The van der Waals surface area contributed by atoms with E-state index < -0.39 is 5.97 Å². The summed E-state index contributed by atoms with van der Waals surface area (Å²) in [5.41, 5.74) is 2.53. The normalized spacial score (nSPS) is 12.5. The van der Waals surface area contributed by atoms with Crippen LogP contribution in [0.5, 0.6) is 5.75 Å². The van der Waals surface area contributed by atoms with E-state index in [-0.39, 0.29) is 18.3 Å². The number of hydrogen-bond acceptors (Lipinski definition) is 8. The van der Waals surface area contributed by atoms with Crippen LogP contribution in [-0.4, -0.2) is 39.5 Å². The fourth-order valence-corrected chi connectivity index (χ4v) is 5.76. The number of halogens is 1. The van der Waals surface area contributed by atoms with Crippen LogP contribution in [0.1, 0.15) is 38.6 Å². The molecule has 4 rings (SSSR count). The summed E-state index contributed by atoms with van der Waals surface area (Å²) in [6.45, 7) is 2.16. The van der Waals surface area contributed by atoms with Crippen LogP contribution < -0.4 is 10.1 Å². The van der Waals surface area contributed by atoms with Gasteiger partial charge in [0.25, 0.3) is 0 Å². The Morgan fingerprint density at radius 3 is 2.91 bits per heavy atom. The third-order valence-corrected chi connectivity index (χ3v) is 7.80. The Morgan fingerprint density at radius 1 is 1.30 bits per heavy atom. The molecule has 1 aliphatic rings. The first-order valence-corrected chi connectivity index (χ1v) is 12.5. The van der Waals surface area contributed by atoms with Crippen molar-refractivity contribution in [3.05, 3.63) is 50.6 Å². The summed E-state index contributed by atoms with van der Waals surface area (Å²) in [5, 5.41) is 12.9. The van der Waals surface area contributed by atoms with Crippen molar-refractivity contribution < 1.29 is 19.1 Å². The molecule has 1 aromatic carbocycles. The number of rotatable bonds is 8. The predicted molar refractivity (Wildman–Crippen MR) is 129 cm³/mol. The van der Waals surface area contributed by atoms with Crippen LogP contribution in [0.2, 0.25) is 5.02 Å². The number of carbonyl (C=O) groups excluding carboxylic acids is 2. The zero-order valence-electron chi connectivity index (χ0n) is 18.4. The zero-order chi connectivity index (χ0) is 23.5. The number of aromatic nitrogens is 3. The number of carbonyl (C=O) groups is 2. The Morgan fingerprint density at radius 2 is 2.12 bits per heavy atom. The lowest BCUT2D eigenvalue weighted by atomic mass is 10.1. The van der Waals surface area contributed by atoms with Gasteiger partial charge in [-0.15, -0.1) is 21.5 Å². The first-order chi connectivity index (χ1) is 15.9. The second kappa shape index (κ2) is 10.1. The maximum absolute atomic E-state index is 12.6. The number of ether oxygens (including phenoxy) is 2. The van der Waals surface area contributed by atoms with Crippen LogP contribution in [0.25, 0.3) is 0 Å². The van der Waals surface area contributed by atoms with E-state index >= 15 is 0 Å². The Balaban J connectivity index is 1.36. The number of aryl methyl sites for hydroxylation is 2. The molecule has 1 amide bonds. The van der Waals surface area contributed by atoms with Gasteiger partial charge in [0.15, 0.2) is 11.0 Å². The second-order valence-electron chi connectivity index (χ2n) is 7.57. The van der Waals surface area contributed by atoms with Crippen molar-refractivity contribution >= 4 is 51.6 Å². The molecule has 0 radical (unpaired) electrons. The number of thioether (sulfide) groups is 1. The number of hydrogen-bond donors (Lipinski definition) is 1. The number of nitrogens with zero attached hydrogens (tertiary/aromatic N) is 3. The molecule has 174 valence electrons. The second-order valence-corrected chi connectivity index (χ2v) is 10.0. The summed E-state index contributed by atoms with van der Waals surface area (Å²) in [5.74, 6) is 0.678. The average molecular weight is 507 g/mol. The van der Waals surface area contributed by atoms with E-state index in [9.17, 15) is 9.59 Å². The van der Waals surface area contributed by atoms with E-state index in [0.29, 0.717) is 32.3 Å². The van der Waals surface area contributed by atoms with E-state index in [1.807, 2.05) is 26.1 Å². The Labute approximate surface area is 204 Å². The number of anilines is 1. The van der Waals surface area contributed by atoms with Gasteiger partial charge in [0.1, 0.15) is 17.4 Å². The zero-order valence-corrected chi connectivity index (χ0v) is 20.8. The highest BCUT2D eigenvalue weighted by atomic mass is 35.5. The molecule has 0 spiro atoms. The quantitative estimate of drug-likeness (QED) is 0.357. The molecule has 0 atom stereocenters. The van der Waals surface area contributed by atoms with E-state index in [1.165, 1.54) is 30.2 Å². The minimum Gasteiger partial charge on any atom is -0.484 e. The number of amides is 1. The third kappa shape index (κ3) is 5.18. The lowest BCUT2D eigenvalue weighted by Crippen LogP contribution is -2.16. The van der Waals surface area contributed by atoms with Crippen molar-refractivity contribution in [2.24, 2.45) is 7.05 Å². The molecule has 0 saturated heterocycles. The van der Waals surface area contributed by atoms with Gasteiger partial charge in [0.2, 0.25) is 5.91 Å². The number of esters is 1. The van der Waals surface area contributed by atoms with E-state index in [4.69, 9.17) is 21.1 Å². The van der Waals surface area contributed by atoms with Gasteiger partial charge in [-0.05, 0) is 49.4 Å². The highest BCUT2D eigenvalue weighted by molar-refractivity contribution is 7.99. The van der Waals surface area contributed by atoms with Crippen LogP contribution >= 0.6 is 34.7 Å². The highest BCUT2D eigenvalue weighted by Crippen LogP contribution is 2.39. The molecule has 1 N–H and O–H groups in total. The molecule has 0 unspecified atom stereocenters. The van der Waals surface area contributed by atoms with Crippen LogP contribution in [0.3, 0.4) is 0 Å². The number of methoxy groups -OCH3 is 1. The van der Waals surface area contributed by atoms with E-state index in [1.54, 1.807) is 10.6 Å². The summed E-state index contributed by atoms with van der Waals surface area (Å²) in [6.07, 6.45) is 2.77. The summed E-state index contributed by atoms with van der Waals surface area (Å²) < 4.78 is 12.5. The van der Waals surface area contributed by atoms with Crippen molar-refractivity contribution in [2.45, 2.75) is 37.9 Å². The molecule has 0 saturated carbocycles. The van der Waals surface area contributed by atoms with Gasteiger partial charge in [0.05, 0.1) is 23.4 Å². The van der Waals surface area contributed by atoms with Crippen molar-refractivity contribution in [2.75, 3.05) is 18.2 Å². The fraction of sp³-hybridized carbons (Fsp3) is 0.364. The van der Waals surface area contributed by atoms with Crippen LogP contribution in [0.4, 0.5) is 5.00 Å². The van der Waals surface area contributed by atoms with Crippen LogP contribution in [0, 0.1) is 6.92 Å². The van der Waals surface area contributed by atoms with E-state index in [0.717, 1.165) is 35.3 Å². The maximum atomic E-state index is 12.6. The van der Waals surface area contributed by atoms with Gasteiger partial charge in [-0.25, -0.2) is 4.79 Å². The fourth-order valence-electron chi connectivity index (χ4n) is 3.56. The summed E-state index contributed by atoms with van der Waals surface area (Å²) in [6, 6.07) is 5.56. The monoisotopic (exact) mass is 506 g/mol. The Hall–Kier alpha value is -2.56. The standard InChI is InChI=1S/C22H23ClN4O4S2/c1-12-7-8-14(23)15(9-12)31-10-17-25-26-22(27(17)2)32-11-18(28)24-20-19(21(29)30-3)13-5-4-6-16(13)33-20/h7-9H,4-6,10-11H2,1-3H3,(H,24,28). The first kappa shape index (κ1) is 23.6. The maximum Gasteiger partial charge on any atom is 0.341 e.